The van der Waals surface area contributed by atoms with Crippen LogP contribution >= 0.6 is 0 Å². The van der Waals surface area contributed by atoms with Crippen molar-refractivity contribution in [2.45, 2.75) is 90.6 Å². The molecule has 8 heteroatoms. The molecule has 3 rings (SSSR count). The van der Waals surface area contributed by atoms with Crippen molar-refractivity contribution in [1.29, 1.82) is 0 Å². The van der Waals surface area contributed by atoms with E-state index in [0.29, 0.717) is 13.0 Å². The van der Waals surface area contributed by atoms with Gasteiger partial charge in [0.25, 0.3) is 0 Å². The summed E-state index contributed by atoms with van der Waals surface area (Å²) >= 11 is 0. The Bertz CT molecular complexity index is 830. The zero-order valence-corrected chi connectivity index (χ0v) is 21.7. The van der Waals surface area contributed by atoms with Gasteiger partial charge >= 0.3 is 5.97 Å². The van der Waals surface area contributed by atoms with Gasteiger partial charge in [-0.2, -0.15) is 0 Å². The van der Waals surface area contributed by atoms with Gasteiger partial charge in [-0.15, -0.1) is 6.58 Å². The van der Waals surface area contributed by atoms with Crippen molar-refractivity contribution >= 4 is 17.8 Å². The van der Waals surface area contributed by atoms with Gasteiger partial charge in [0.15, 0.2) is 0 Å². The number of hydrogen-bond donors (Lipinski definition) is 1. The molecule has 0 radical (unpaired) electrons. The Kier molecular flexibility index (Phi) is 7.54. The molecule has 8 atom stereocenters. The maximum absolute atomic E-state index is 14.2. The van der Waals surface area contributed by atoms with Gasteiger partial charge < -0.3 is 24.4 Å². The van der Waals surface area contributed by atoms with Gasteiger partial charge in [-0.05, 0) is 46.0 Å². The maximum Gasteiger partial charge on any atom is 0.312 e. The molecule has 3 saturated heterocycles. The molecule has 3 unspecified atom stereocenters. The summed E-state index contributed by atoms with van der Waals surface area (Å²) in [5, 5.41) is 10.4. The number of likely N-dealkylation sites (tertiary alicyclic amines) is 1. The number of carbonyl (C=O) groups excluding carboxylic acids is 3. The number of rotatable bonds is 10. The van der Waals surface area contributed by atoms with Gasteiger partial charge in [-0.25, -0.2) is 0 Å². The number of amides is 2. The lowest BCUT2D eigenvalue weighted by atomic mass is 9.62. The van der Waals surface area contributed by atoms with E-state index in [1.807, 2.05) is 41.5 Å². The first-order valence-electron chi connectivity index (χ1n) is 12.7. The summed E-state index contributed by atoms with van der Waals surface area (Å²) in [6.45, 7) is 17.5. The highest BCUT2D eigenvalue weighted by Crippen LogP contribution is 2.65. The molecule has 0 aliphatic carbocycles. The normalized spacial score (nSPS) is 35.9. The Morgan fingerprint density at radius 1 is 1.35 bits per heavy atom. The number of fused-ring (bicyclic) bond motifs is 1. The number of esters is 1. The maximum atomic E-state index is 14.2. The van der Waals surface area contributed by atoms with Crippen molar-refractivity contribution in [3.8, 4) is 0 Å². The van der Waals surface area contributed by atoms with Gasteiger partial charge in [0.2, 0.25) is 11.8 Å². The van der Waals surface area contributed by atoms with E-state index in [-0.39, 0.29) is 42.9 Å². The van der Waals surface area contributed by atoms with Crippen molar-refractivity contribution in [1.82, 2.24) is 9.80 Å². The average molecular weight is 479 g/mol. The van der Waals surface area contributed by atoms with Crippen LogP contribution in [0.25, 0.3) is 0 Å². The second-order valence-corrected chi connectivity index (χ2v) is 10.7. The van der Waals surface area contributed by atoms with Crippen molar-refractivity contribution in [3.63, 3.8) is 0 Å². The zero-order valence-electron chi connectivity index (χ0n) is 21.7. The van der Waals surface area contributed by atoms with E-state index in [9.17, 15) is 19.5 Å². The van der Waals surface area contributed by atoms with E-state index in [2.05, 4.69) is 6.58 Å². The van der Waals surface area contributed by atoms with Crippen LogP contribution in [0.1, 0.15) is 61.3 Å². The summed E-state index contributed by atoms with van der Waals surface area (Å²) in [5.41, 5.74) is -2.04. The summed E-state index contributed by atoms with van der Waals surface area (Å²) in [6.07, 6.45) is 2.89. The van der Waals surface area contributed by atoms with Gasteiger partial charge in [0, 0.05) is 12.6 Å². The summed E-state index contributed by atoms with van der Waals surface area (Å²) in [7, 11) is 0. The highest BCUT2D eigenvalue weighted by Gasteiger charge is 2.80. The Balaban J connectivity index is 2.21. The number of aliphatic hydroxyl groups excluding tert-OH is 1. The molecule has 1 N–H and O–H groups in total. The fourth-order valence-electron chi connectivity index (χ4n) is 6.57. The van der Waals surface area contributed by atoms with E-state index < -0.39 is 41.1 Å². The molecular formula is C26H42N2O6. The largest absolute Gasteiger partial charge is 0.466 e. The minimum Gasteiger partial charge on any atom is -0.466 e. The Hall–Kier alpha value is -1.93. The molecule has 8 nitrogen and oxygen atoms in total. The smallest absolute Gasteiger partial charge is 0.312 e. The van der Waals surface area contributed by atoms with Crippen LogP contribution in [0.3, 0.4) is 0 Å². The fraction of sp³-hybridized carbons (Fsp3) is 0.808. The van der Waals surface area contributed by atoms with E-state index in [4.69, 9.17) is 9.47 Å². The van der Waals surface area contributed by atoms with E-state index in [0.717, 1.165) is 6.42 Å². The third-order valence-corrected chi connectivity index (χ3v) is 8.60. The molecule has 192 valence electrons. The molecule has 0 aromatic carbocycles. The van der Waals surface area contributed by atoms with Gasteiger partial charge in [0.05, 0.1) is 30.8 Å². The first kappa shape index (κ1) is 26.7. The highest BCUT2D eigenvalue weighted by molar-refractivity contribution is 5.99. The summed E-state index contributed by atoms with van der Waals surface area (Å²) < 4.78 is 12.1. The second-order valence-electron chi connectivity index (χ2n) is 10.7. The Labute approximate surface area is 203 Å². The molecule has 2 bridgehead atoms. The number of carbonyl (C=O) groups is 3. The third kappa shape index (κ3) is 3.68. The number of nitrogens with zero attached hydrogens (tertiary/aromatic N) is 2. The fourth-order valence-corrected chi connectivity index (χ4v) is 6.57. The molecule has 34 heavy (non-hydrogen) atoms. The lowest BCUT2D eigenvalue weighted by Gasteiger charge is -2.42. The number of ether oxygens (including phenoxy) is 2. The van der Waals surface area contributed by atoms with Crippen molar-refractivity contribution in [3.05, 3.63) is 12.7 Å². The number of hydrogen-bond acceptors (Lipinski definition) is 6. The van der Waals surface area contributed by atoms with Crippen LogP contribution < -0.4 is 0 Å². The zero-order chi connectivity index (χ0) is 25.6. The van der Waals surface area contributed by atoms with Crippen LogP contribution in [-0.2, 0) is 23.9 Å². The standard InChI is InChI=1S/C26H42N2O6/c1-9-12-27(15(4)5)23(31)21-26-13-17(7)25(8,34-26)20(24(32)33-11-3)19(26)22(30)28(21)18(14-29)16(6)10-2/h9,15-21,29H,1,10-14H2,2-8H3/t16-,17?,18-,19-,20+,21?,25-,26?/m0/s1. The average Bonchev–Trinajstić information content (AvgIpc) is 3.29. The van der Waals surface area contributed by atoms with Crippen LogP contribution in [0.5, 0.6) is 0 Å². The second kappa shape index (κ2) is 9.61. The highest BCUT2D eigenvalue weighted by atomic mass is 16.6. The minimum absolute atomic E-state index is 0.0439. The minimum atomic E-state index is -1.14. The molecule has 3 aliphatic heterocycles. The van der Waals surface area contributed by atoms with Crippen LogP contribution in [0, 0.1) is 23.7 Å². The lowest BCUT2D eigenvalue weighted by Crippen LogP contribution is -2.60. The topological polar surface area (TPSA) is 96.4 Å². The van der Waals surface area contributed by atoms with E-state index in [1.165, 1.54) is 0 Å². The van der Waals surface area contributed by atoms with E-state index >= 15 is 0 Å². The predicted molar refractivity (Wildman–Crippen MR) is 128 cm³/mol. The third-order valence-electron chi connectivity index (χ3n) is 8.60. The molecule has 1 spiro atoms. The lowest BCUT2D eigenvalue weighted by molar-refractivity contribution is -0.164. The van der Waals surface area contributed by atoms with Crippen LogP contribution in [0.2, 0.25) is 0 Å². The summed E-state index contributed by atoms with van der Waals surface area (Å²) in [4.78, 5) is 44.8. The molecular weight excluding hydrogens is 436 g/mol. The van der Waals surface area contributed by atoms with Crippen molar-refractivity contribution in [2.24, 2.45) is 23.7 Å². The summed E-state index contributed by atoms with van der Waals surface area (Å²) in [5.74, 6) is -2.70. The van der Waals surface area contributed by atoms with Crippen LogP contribution in [0.4, 0.5) is 0 Å². The molecule has 3 heterocycles. The van der Waals surface area contributed by atoms with Crippen molar-refractivity contribution < 1.29 is 29.0 Å². The Morgan fingerprint density at radius 3 is 2.50 bits per heavy atom. The predicted octanol–water partition coefficient (Wildman–Crippen LogP) is 2.39. The molecule has 3 aliphatic rings. The Morgan fingerprint density at radius 2 is 2.00 bits per heavy atom. The van der Waals surface area contributed by atoms with Gasteiger partial charge in [0.1, 0.15) is 17.6 Å². The quantitative estimate of drug-likeness (QED) is 0.383. The monoisotopic (exact) mass is 478 g/mol. The van der Waals surface area contributed by atoms with E-state index in [1.54, 1.807) is 22.8 Å². The SMILES string of the molecule is C=CCN(C(=O)C1N([C@@H](CO)[C@@H](C)CC)C(=O)[C@@H]2[C@H](C(=O)OCC)[C@@]3(C)OC12CC3C)C(C)C. The molecule has 0 aromatic rings. The summed E-state index contributed by atoms with van der Waals surface area (Å²) in [6, 6.07) is -1.61. The van der Waals surface area contributed by atoms with Crippen LogP contribution in [0.15, 0.2) is 12.7 Å². The van der Waals surface area contributed by atoms with Gasteiger partial charge in [-0.1, -0.05) is 33.3 Å². The number of aliphatic hydroxyl groups is 1. The molecule has 2 amide bonds. The van der Waals surface area contributed by atoms with Crippen LogP contribution in [-0.4, -0.2) is 81.8 Å². The molecule has 0 saturated carbocycles. The molecule has 0 aromatic heterocycles. The first-order chi connectivity index (χ1) is 16.0. The van der Waals surface area contributed by atoms with Crippen molar-refractivity contribution in [2.75, 3.05) is 19.8 Å². The first-order valence-corrected chi connectivity index (χ1v) is 12.7. The van der Waals surface area contributed by atoms with Gasteiger partial charge in [-0.3, -0.25) is 14.4 Å². The molecule has 3 fully saturated rings.